The van der Waals surface area contributed by atoms with Gasteiger partial charge in [-0.15, -0.1) is 0 Å². The minimum absolute atomic E-state index is 0.402. The van der Waals surface area contributed by atoms with E-state index in [9.17, 15) is 0 Å². The summed E-state index contributed by atoms with van der Waals surface area (Å²) in [5.41, 5.74) is 14.4. The standard InChI is InChI=1S/C19H27N3/c1-16(2)22(14-13-20)15-19(21,17-9-5-3-6-10-17)18-11-7-4-8-12-18/h3-12,16H,13-15,20-21H2,1-2H3. The van der Waals surface area contributed by atoms with Crippen LogP contribution in [0.3, 0.4) is 0 Å². The lowest BCUT2D eigenvalue weighted by atomic mass is 9.83. The number of nitrogens with two attached hydrogens (primary N) is 2. The van der Waals surface area contributed by atoms with Gasteiger partial charge in [0.15, 0.2) is 0 Å². The van der Waals surface area contributed by atoms with E-state index in [1.165, 1.54) is 0 Å². The molecule has 3 heteroatoms. The molecule has 0 radical (unpaired) electrons. The van der Waals surface area contributed by atoms with Crippen LogP contribution in [0.4, 0.5) is 0 Å². The second-order valence-electron chi connectivity index (χ2n) is 6.06. The van der Waals surface area contributed by atoms with Crippen LogP contribution >= 0.6 is 0 Å². The predicted molar refractivity (Wildman–Crippen MR) is 93.6 cm³/mol. The van der Waals surface area contributed by atoms with Crippen molar-refractivity contribution >= 4 is 0 Å². The molecule has 0 heterocycles. The molecule has 0 spiro atoms. The molecule has 118 valence electrons. The molecule has 0 aliphatic heterocycles. The van der Waals surface area contributed by atoms with Crippen LogP contribution in [0.1, 0.15) is 25.0 Å². The Kier molecular flexibility index (Phi) is 5.72. The summed E-state index contributed by atoms with van der Waals surface area (Å²) in [5.74, 6) is 0. The van der Waals surface area contributed by atoms with E-state index in [1.807, 2.05) is 36.4 Å². The van der Waals surface area contributed by atoms with Gasteiger partial charge in [-0.3, -0.25) is 4.90 Å². The molecule has 0 aliphatic carbocycles. The molecule has 3 nitrogen and oxygen atoms in total. The maximum atomic E-state index is 6.93. The Balaban J connectivity index is 2.42. The quantitative estimate of drug-likeness (QED) is 0.826. The summed E-state index contributed by atoms with van der Waals surface area (Å²) in [6.07, 6.45) is 0. The lowest BCUT2D eigenvalue weighted by molar-refractivity contribution is 0.189. The summed E-state index contributed by atoms with van der Waals surface area (Å²) in [4.78, 5) is 2.35. The lowest BCUT2D eigenvalue weighted by Crippen LogP contribution is -2.51. The molecule has 2 rings (SSSR count). The Morgan fingerprint density at radius 3 is 1.73 bits per heavy atom. The van der Waals surface area contributed by atoms with E-state index in [0.717, 1.165) is 24.2 Å². The van der Waals surface area contributed by atoms with Crippen molar-refractivity contribution < 1.29 is 0 Å². The highest BCUT2D eigenvalue weighted by molar-refractivity contribution is 5.38. The summed E-state index contributed by atoms with van der Waals surface area (Å²) in [6.45, 7) is 6.60. The van der Waals surface area contributed by atoms with E-state index in [0.29, 0.717) is 12.6 Å². The number of benzene rings is 2. The largest absolute Gasteiger partial charge is 0.329 e. The van der Waals surface area contributed by atoms with E-state index < -0.39 is 5.54 Å². The van der Waals surface area contributed by atoms with Crippen LogP contribution in [0.25, 0.3) is 0 Å². The smallest absolute Gasteiger partial charge is 0.0794 e. The van der Waals surface area contributed by atoms with Gasteiger partial charge in [0.1, 0.15) is 0 Å². The van der Waals surface area contributed by atoms with Crippen LogP contribution in [0, 0.1) is 0 Å². The molecule has 4 N–H and O–H groups in total. The fourth-order valence-corrected chi connectivity index (χ4v) is 2.83. The number of rotatable bonds is 7. The van der Waals surface area contributed by atoms with Crippen molar-refractivity contribution in [3.8, 4) is 0 Å². The van der Waals surface area contributed by atoms with Crippen LogP contribution in [-0.4, -0.2) is 30.6 Å². The first-order valence-electron chi connectivity index (χ1n) is 7.92. The third-order valence-corrected chi connectivity index (χ3v) is 4.18. The molecule has 0 fully saturated rings. The first kappa shape index (κ1) is 16.7. The van der Waals surface area contributed by atoms with Crippen molar-refractivity contribution in [2.24, 2.45) is 11.5 Å². The third-order valence-electron chi connectivity index (χ3n) is 4.18. The molecule has 0 amide bonds. The summed E-state index contributed by atoms with van der Waals surface area (Å²) < 4.78 is 0. The number of nitrogens with zero attached hydrogens (tertiary/aromatic N) is 1. The van der Waals surface area contributed by atoms with Gasteiger partial charge in [-0.25, -0.2) is 0 Å². The number of hydrogen-bond donors (Lipinski definition) is 2. The van der Waals surface area contributed by atoms with Crippen molar-refractivity contribution in [3.63, 3.8) is 0 Å². The predicted octanol–water partition coefficient (Wildman–Crippen LogP) is 2.56. The molecule has 2 aromatic carbocycles. The average molecular weight is 297 g/mol. The average Bonchev–Trinajstić information content (AvgIpc) is 2.56. The van der Waals surface area contributed by atoms with Gasteiger partial charge in [-0.1, -0.05) is 60.7 Å². The van der Waals surface area contributed by atoms with E-state index in [-0.39, 0.29) is 0 Å². The van der Waals surface area contributed by atoms with Gasteiger partial charge >= 0.3 is 0 Å². The van der Waals surface area contributed by atoms with Crippen molar-refractivity contribution in [3.05, 3.63) is 71.8 Å². The maximum absolute atomic E-state index is 6.93. The highest BCUT2D eigenvalue weighted by Crippen LogP contribution is 2.28. The van der Waals surface area contributed by atoms with Crippen LogP contribution < -0.4 is 11.5 Å². The minimum atomic E-state index is -0.540. The molecule has 0 aliphatic rings. The Hall–Kier alpha value is -1.68. The van der Waals surface area contributed by atoms with Crippen LogP contribution in [0.15, 0.2) is 60.7 Å². The molecular formula is C19H27N3. The van der Waals surface area contributed by atoms with Crippen LogP contribution in [0.5, 0.6) is 0 Å². The summed E-state index contributed by atoms with van der Waals surface area (Å²) >= 11 is 0. The Morgan fingerprint density at radius 2 is 1.36 bits per heavy atom. The van der Waals surface area contributed by atoms with Crippen molar-refractivity contribution in [1.29, 1.82) is 0 Å². The number of hydrogen-bond acceptors (Lipinski definition) is 3. The third kappa shape index (κ3) is 3.74. The van der Waals surface area contributed by atoms with E-state index in [2.05, 4.69) is 43.0 Å². The molecule has 22 heavy (non-hydrogen) atoms. The van der Waals surface area contributed by atoms with Crippen LogP contribution in [-0.2, 0) is 5.54 Å². The molecule has 2 aromatic rings. The zero-order valence-electron chi connectivity index (χ0n) is 13.6. The zero-order chi connectivity index (χ0) is 16.0. The SMILES string of the molecule is CC(C)N(CCN)CC(N)(c1ccccc1)c1ccccc1. The first-order valence-corrected chi connectivity index (χ1v) is 7.92. The van der Waals surface area contributed by atoms with Crippen molar-refractivity contribution in [2.75, 3.05) is 19.6 Å². The molecule has 0 saturated carbocycles. The van der Waals surface area contributed by atoms with Gasteiger partial charge in [0, 0.05) is 25.7 Å². The topological polar surface area (TPSA) is 55.3 Å². The van der Waals surface area contributed by atoms with Crippen molar-refractivity contribution in [2.45, 2.75) is 25.4 Å². The van der Waals surface area contributed by atoms with E-state index in [4.69, 9.17) is 11.5 Å². The van der Waals surface area contributed by atoms with Gasteiger partial charge in [0.25, 0.3) is 0 Å². The molecule has 0 atom stereocenters. The fraction of sp³-hybridized carbons (Fsp3) is 0.368. The highest BCUT2D eigenvalue weighted by Gasteiger charge is 2.32. The molecular weight excluding hydrogens is 270 g/mol. The summed E-state index contributed by atoms with van der Waals surface area (Å²) in [5, 5.41) is 0. The minimum Gasteiger partial charge on any atom is -0.329 e. The van der Waals surface area contributed by atoms with E-state index in [1.54, 1.807) is 0 Å². The highest BCUT2D eigenvalue weighted by atomic mass is 15.2. The van der Waals surface area contributed by atoms with E-state index >= 15 is 0 Å². The van der Waals surface area contributed by atoms with Gasteiger partial charge in [-0.05, 0) is 25.0 Å². The Morgan fingerprint density at radius 1 is 0.909 bits per heavy atom. The normalized spacial score (nSPS) is 12.1. The van der Waals surface area contributed by atoms with Gasteiger partial charge < -0.3 is 11.5 Å². The fourth-order valence-electron chi connectivity index (χ4n) is 2.83. The van der Waals surface area contributed by atoms with Gasteiger partial charge in [0.2, 0.25) is 0 Å². The monoisotopic (exact) mass is 297 g/mol. The van der Waals surface area contributed by atoms with Gasteiger partial charge in [0.05, 0.1) is 5.54 Å². The Bertz CT molecular complexity index is 512. The second kappa shape index (κ2) is 7.54. The molecule has 0 unspecified atom stereocenters. The second-order valence-corrected chi connectivity index (χ2v) is 6.06. The zero-order valence-corrected chi connectivity index (χ0v) is 13.6. The summed E-state index contributed by atoms with van der Waals surface area (Å²) in [6, 6.07) is 21.0. The molecule has 0 bridgehead atoms. The van der Waals surface area contributed by atoms with Gasteiger partial charge in [-0.2, -0.15) is 0 Å². The maximum Gasteiger partial charge on any atom is 0.0794 e. The first-order chi connectivity index (χ1) is 10.6. The van der Waals surface area contributed by atoms with Crippen molar-refractivity contribution in [1.82, 2.24) is 4.90 Å². The Labute approximate surface area is 133 Å². The summed E-state index contributed by atoms with van der Waals surface area (Å²) in [7, 11) is 0. The molecule has 0 saturated heterocycles. The van der Waals surface area contributed by atoms with Crippen LogP contribution in [0.2, 0.25) is 0 Å². The lowest BCUT2D eigenvalue weighted by Gasteiger charge is -2.38. The molecule has 0 aromatic heterocycles.